The number of aryl methyl sites for hydroxylation is 1. The summed E-state index contributed by atoms with van der Waals surface area (Å²) < 4.78 is 24.0. The van der Waals surface area contributed by atoms with Crippen LogP contribution in [0.25, 0.3) is 11.0 Å². The number of ether oxygens (including phenoxy) is 1. The molecule has 1 atom stereocenters. The number of hydrogen-bond donors (Lipinski definition) is 0. The Morgan fingerprint density at radius 3 is 2.59 bits per heavy atom. The maximum atomic E-state index is 13.4. The number of halogens is 1. The number of amides is 1. The largest absolute Gasteiger partial charge is 0.450 e. The van der Waals surface area contributed by atoms with Crippen LogP contribution >= 0.6 is 0 Å². The topological polar surface area (TPSA) is 59.8 Å². The molecule has 3 rings (SSSR count). The van der Waals surface area contributed by atoms with E-state index in [1.54, 1.807) is 14.0 Å². The molecular formula is C21H20FNO4. The summed E-state index contributed by atoms with van der Waals surface area (Å²) in [4.78, 5) is 26.2. The lowest BCUT2D eigenvalue weighted by Gasteiger charge is -2.25. The molecule has 6 heteroatoms. The maximum Gasteiger partial charge on any atom is 0.375 e. The predicted molar refractivity (Wildman–Crippen MR) is 98.8 cm³/mol. The fraction of sp³-hybridized carbons (Fsp3) is 0.238. The van der Waals surface area contributed by atoms with Crippen molar-refractivity contribution < 1.29 is 23.1 Å². The normalized spacial score (nSPS) is 12.0. The first-order chi connectivity index (χ1) is 12.9. The van der Waals surface area contributed by atoms with Crippen molar-refractivity contribution in [2.45, 2.75) is 19.9 Å². The molecule has 0 saturated heterocycles. The van der Waals surface area contributed by atoms with Crippen LogP contribution in [-0.4, -0.2) is 30.4 Å². The zero-order valence-corrected chi connectivity index (χ0v) is 15.4. The van der Waals surface area contributed by atoms with E-state index in [1.807, 2.05) is 37.3 Å². The molecule has 0 saturated carbocycles. The quantitative estimate of drug-likeness (QED) is 0.631. The highest BCUT2D eigenvalue weighted by atomic mass is 19.1. The Hall–Kier alpha value is -3.15. The number of likely N-dealkylation sites (N-methyl/N-ethyl adjacent to an activating group) is 1. The third-order valence-electron chi connectivity index (χ3n) is 4.67. The number of carbonyl (C=O) groups is 2. The van der Waals surface area contributed by atoms with E-state index >= 15 is 0 Å². The van der Waals surface area contributed by atoms with E-state index in [0.717, 1.165) is 5.56 Å². The number of carbonyl (C=O) groups excluding carboxylic acids is 2. The Morgan fingerprint density at radius 1 is 1.19 bits per heavy atom. The van der Waals surface area contributed by atoms with Gasteiger partial charge in [0.15, 0.2) is 6.61 Å². The van der Waals surface area contributed by atoms with Crippen molar-refractivity contribution in [1.82, 2.24) is 4.90 Å². The van der Waals surface area contributed by atoms with E-state index in [-0.39, 0.29) is 17.7 Å². The second kappa shape index (κ2) is 7.61. The molecule has 1 unspecified atom stereocenters. The summed E-state index contributed by atoms with van der Waals surface area (Å²) in [7, 11) is 1.66. The number of benzene rings is 2. The van der Waals surface area contributed by atoms with Crippen molar-refractivity contribution in [1.29, 1.82) is 0 Å². The number of esters is 1. The Kier molecular flexibility index (Phi) is 5.26. The molecule has 140 valence electrons. The first-order valence-electron chi connectivity index (χ1n) is 8.55. The number of furan rings is 1. The minimum Gasteiger partial charge on any atom is -0.450 e. The van der Waals surface area contributed by atoms with Crippen LogP contribution in [0, 0.1) is 12.7 Å². The van der Waals surface area contributed by atoms with Gasteiger partial charge in [-0.05, 0) is 37.6 Å². The molecule has 1 amide bonds. The number of nitrogens with zero attached hydrogens (tertiary/aromatic N) is 1. The maximum absolute atomic E-state index is 13.4. The minimum atomic E-state index is -0.752. The van der Waals surface area contributed by atoms with Crippen LogP contribution in [0.3, 0.4) is 0 Å². The lowest BCUT2D eigenvalue weighted by atomic mass is 10.1. The second-order valence-electron chi connectivity index (χ2n) is 6.36. The van der Waals surface area contributed by atoms with Gasteiger partial charge in [0, 0.05) is 18.0 Å². The lowest BCUT2D eigenvalue weighted by molar-refractivity contribution is -0.135. The smallest absolute Gasteiger partial charge is 0.375 e. The molecule has 0 fully saturated rings. The van der Waals surface area contributed by atoms with Crippen molar-refractivity contribution in [3.63, 3.8) is 0 Å². The fourth-order valence-electron chi connectivity index (χ4n) is 2.85. The Balaban J connectivity index is 1.67. The van der Waals surface area contributed by atoms with Crippen molar-refractivity contribution in [3.8, 4) is 0 Å². The van der Waals surface area contributed by atoms with E-state index in [0.29, 0.717) is 16.5 Å². The Labute approximate surface area is 156 Å². The van der Waals surface area contributed by atoms with Gasteiger partial charge in [-0.2, -0.15) is 0 Å². The molecule has 1 aromatic heterocycles. The standard InChI is InChI=1S/C21H20FNO4/c1-13-17-11-16(22)9-10-18(17)27-20(13)21(25)26-12-19(24)23(3)14(2)15-7-5-4-6-8-15/h4-11,14H,12H2,1-3H3. The lowest BCUT2D eigenvalue weighted by Crippen LogP contribution is -2.33. The molecule has 0 aliphatic heterocycles. The van der Waals surface area contributed by atoms with Gasteiger partial charge in [0.1, 0.15) is 11.4 Å². The fourth-order valence-corrected chi connectivity index (χ4v) is 2.85. The molecule has 0 bridgehead atoms. The van der Waals surface area contributed by atoms with Gasteiger partial charge < -0.3 is 14.1 Å². The van der Waals surface area contributed by atoms with Gasteiger partial charge in [-0.25, -0.2) is 9.18 Å². The van der Waals surface area contributed by atoms with Gasteiger partial charge in [-0.3, -0.25) is 4.79 Å². The average molecular weight is 369 g/mol. The highest BCUT2D eigenvalue weighted by Crippen LogP contribution is 2.26. The zero-order chi connectivity index (χ0) is 19.6. The van der Waals surface area contributed by atoms with E-state index in [2.05, 4.69) is 0 Å². The molecule has 5 nitrogen and oxygen atoms in total. The third kappa shape index (κ3) is 3.84. The van der Waals surface area contributed by atoms with Crippen molar-refractivity contribution in [2.24, 2.45) is 0 Å². The van der Waals surface area contributed by atoms with Gasteiger partial charge in [-0.15, -0.1) is 0 Å². The van der Waals surface area contributed by atoms with Crippen LogP contribution in [0.15, 0.2) is 52.9 Å². The summed E-state index contributed by atoms with van der Waals surface area (Å²) in [6.45, 7) is 3.14. The Bertz CT molecular complexity index is 981. The summed E-state index contributed by atoms with van der Waals surface area (Å²) in [6.07, 6.45) is 0. The first-order valence-corrected chi connectivity index (χ1v) is 8.55. The van der Waals surface area contributed by atoms with Gasteiger partial charge in [-0.1, -0.05) is 30.3 Å². The van der Waals surface area contributed by atoms with Crippen molar-refractivity contribution in [2.75, 3.05) is 13.7 Å². The molecule has 2 aromatic carbocycles. The van der Waals surface area contributed by atoms with Crippen LogP contribution in [0.2, 0.25) is 0 Å². The molecule has 0 aliphatic rings. The van der Waals surface area contributed by atoms with E-state index < -0.39 is 18.4 Å². The number of rotatable bonds is 5. The summed E-state index contributed by atoms with van der Waals surface area (Å²) in [6, 6.07) is 13.4. The molecule has 1 heterocycles. The summed E-state index contributed by atoms with van der Waals surface area (Å²) in [5, 5.41) is 0.503. The predicted octanol–water partition coefficient (Wildman–Crippen LogP) is 4.26. The van der Waals surface area contributed by atoms with Crippen LogP contribution in [0.5, 0.6) is 0 Å². The van der Waals surface area contributed by atoms with Crippen LogP contribution in [0.1, 0.15) is 34.6 Å². The molecule has 27 heavy (non-hydrogen) atoms. The van der Waals surface area contributed by atoms with Gasteiger partial charge in [0.25, 0.3) is 5.91 Å². The molecular weight excluding hydrogens is 349 g/mol. The zero-order valence-electron chi connectivity index (χ0n) is 15.4. The summed E-state index contributed by atoms with van der Waals surface area (Å²) in [5.74, 6) is -1.53. The Morgan fingerprint density at radius 2 is 1.89 bits per heavy atom. The van der Waals surface area contributed by atoms with Crippen LogP contribution in [0.4, 0.5) is 4.39 Å². The van der Waals surface area contributed by atoms with Gasteiger partial charge in [0.2, 0.25) is 5.76 Å². The molecule has 0 spiro atoms. The molecule has 0 N–H and O–H groups in total. The SMILES string of the molecule is Cc1c(C(=O)OCC(=O)N(C)C(C)c2ccccc2)oc2ccc(F)cc12. The van der Waals surface area contributed by atoms with Crippen LogP contribution < -0.4 is 0 Å². The molecule has 0 aliphatic carbocycles. The first kappa shape index (κ1) is 18.6. The average Bonchev–Trinajstić information content (AvgIpc) is 3.01. The van der Waals surface area contributed by atoms with Crippen molar-refractivity contribution >= 4 is 22.8 Å². The minimum absolute atomic E-state index is 0.0258. The van der Waals surface area contributed by atoms with E-state index in [1.165, 1.54) is 23.1 Å². The summed E-state index contributed by atoms with van der Waals surface area (Å²) >= 11 is 0. The molecule has 0 radical (unpaired) electrons. The van der Waals surface area contributed by atoms with E-state index in [4.69, 9.17) is 9.15 Å². The van der Waals surface area contributed by atoms with Gasteiger partial charge in [0.05, 0.1) is 6.04 Å². The van der Waals surface area contributed by atoms with E-state index in [9.17, 15) is 14.0 Å². The second-order valence-corrected chi connectivity index (χ2v) is 6.36. The molecule has 3 aromatic rings. The third-order valence-corrected chi connectivity index (χ3v) is 4.67. The van der Waals surface area contributed by atoms with Crippen LogP contribution in [-0.2, 0) is 9.53 Å². The summed E-state index contributed by atoms with van der Waals surface area (Å²) in [5.41, 5.74) is 1.85. The monoisotopic (exact) mass is 369 g/mol. The van der Waals surface area contributed by atoms with Gasteiger partial charge >= 0.3 is 5.97 Å². The number of hydrogen-bond acceptors (Lipinski definition) is 4. The number of fused-ring (bicyclic) bond motifs is 1. The highest BCUT2D eigenvalue weighted by molar-refractivity contribution is 5.96. The van der Waals surface area contributed by atoms with Crippen molar-refractivity contribution in [3.05, 3.63) is 71.2 Å². The highest BCUT2D eigenvalue weighted by Gasteiger charge is 2.23.